The Hall–Kier alpha value is -8.70. The molecule has 4 heteroatoms. The van der Waals surface area contributed by atoms with Gasteiger partial charge in [0, 0.05) is 34.1 Å². The molecule has 0 bridgehead atoms. The lowest BCUT2D eigenvalue weighted by molar-refractivity contribution is 0.802. The number of fused-ring (bicyclic) bond motifs is 13. The van der Waals surface area contributed by atoms with Gasteiger partial charge < -0.3 is 9.80 Å². The Labute approximate surface area is 366 Å². The van der Waals surface area contributed by atoms with Crippen LogP contribution in [0, 0.1) is 17.9 Å². The van der Waals surface area contributed by atoms with Gasteiger partial charge in [-0.2, -0.15) is 5.26 Å². The summed E-state index contributed by atoms with van der Waals surface area (Å²) in [6, 6.07) is 79.8. The van der Waals surface area contributed by atoms with Gasteiger partial charge in [0.2, 0.25) is 0 Å². The molecule has 0 fully saturated rings. The Morgan fingerprint density at radius 3 is 1.62 bits per heavy atom. The van der Waals surface area contributed by atoms with E-state index in [4.69, 9.17) is 6.57 Å². The zero-order valence-corrected chi connectivity index (χ0v) is 34.1. The van der Waals surface area contributed by atoms with Gasteiger partial charge in [-0.25, -0.2) is 4.85 Å². The van der Waals surface area contributed by atoms with Crippen LogP contribution >= 0.6 is 0 Å². The van der Waals surface area contributed by atoms with Crippen LogP contribution in [0.3, 0.4) is 0 Å². The van der Waals surface area contributed by atoms with Crippen molar-refractivity contribution in [1.29, 1.82) is 5.26 Å². The minimum Gasteiger partial charge on any atom is -0.312 e. The predicted octanol–water partition coefficient (Wildman–Crippen LogP) is 15.7. The van der Waals surface area contributed by atoms with Gasteiger partial charge in [0.1, 0.15) is 0 Å². The van der Waals surface area contributed by atoms with Gasteiger partial charge in [-0.15, -0.1) is 0 Å². The van der Waals surface area contributed by atoms with Crippen molar-refractivity contribution in [3.8, 4) is 28.3 Å². The summed E-state index contributed by atoms with van der Waals surface area (Å²) in [5, 5.41) is 14.5. The molecule has 12 rings (SSSR count). The number of hydrogen-bond donors (Lipinski definition) is 0. The minimum atomic E-state index is -0.577. The number of hydrogen-bond acceptors (Lipinski definition) is 3. The van der Waals surface area contributed by atoms with Crippen molar-refractivity contribution in [2.24, 2.45) is 0 Å². The summed E-state index contributed by atoms with van der Waals surface area (Å²) in [6.45, 7) is 7.76. The topological polar surface area (TPSA) is 34.6 Å². The second-order valence-corrected chi connectivity index (χ2v) is 16.3. The molecule has 0 aromatic heterocycles. The summed E-state index contributed by atoms with van der Waals surface area (Å²) in [7, 11) is 0. The highest BCUT2D eigenvalue weighted by atomic mass is 15.1. The molecule has 0 radical (unpaired) electrons. The molecule has 0 amide bonds. The molecule has 0 unspecified atom stereocenters. The van der Waals surface area contributed by atoms with E-state index in [1.807, 2.05) is 48.5 Å². The third-order valence-electron chi connectivity index (χ3n) is 13.0. The molecule has 0 saturated carbocycles. The van der Waals surface area contributed by atoms with E-state index in [2.05, 4.69) is 191 Å². The lowest BCUT2D eigenvalue weighted by Crippen LogP contribution is -2.26. The average molecular weight is 801 g/mol. The lowest BCUT2D eigenvalue weighted by Gasteiger charge is -2.32. The number of para-hydroxylation sites is 2. The van der Waals surface area contributed by atoms with Gasteiger partial charge >= 0.3 is 0 Å². The number of nitrogens with zero attached hydrogens (tertiary/aromatic N) is 4. The van der Waals surface area contributed by atoms with E-state index in [9.17, 15) is 5.26 Å². The van der Waals surface area contributed by atoms with Crippen molar-refractivity contribution in [2.75, 3.05) is 9.80 Å². The standard InChI is InChI=1S/C59H36N4/c1-61-43-15-13-21-47(37-43)63(45-18-6-3-7-19-45)49-29-31-50-41(33-49)27-30-53-54-35-40-26-28-48(62(44-16-4-2-5-17-44)46-20-12-14-39(32-46)38-60)34-42(40)36-57(54)59(58(50)53)55-24-10-8-22-51(55)52-23-9-11-25-56(52)59/h2-37H. The molecule has 0 aliphatic heterocycles. The summed E-state index contributed by atoms with van der Waals surface area (Å²) >= 11 is 0. The average Bonchev–Trinajstić information content (AvgIpc) is 3.81. The van der Waals surface area contributed by atoms with Gasteiger partial charge in [0.25, 0.3) is 0 Å². The van der Waals surface area contributed by atoms with Crippen LogP contribution in [0.1, 0.15) is 27.8 Å². The molecule has 2 aliphatic carbocycles. The Morgan fingerprint density at radius 2 is 0.952 bits per heavy atom. The molecule has 292 valence electrons. The van der Waals surface area contributed by atoms with Crippen LogP contribution < -0.4 is 9.80 Å². The third kappa shape index (κ3) is 5.46. The second-order valence-electron chi connectivity index (χ2n) is 16.3. The van der Waals surface area contributed by atoms with Crippen molar-refractivity contribution < 1.29 is 0 Å². The summed E-state index contributed by atoms with van der Waals surface area (Å²) < 4.78 is 0. The van der Waals surface area contributed by atoms with E-state index in [1.165, 1.54) is 49.9 Å². The Balaban J connectivity index is 1.10. The van der Waals surface area contributed by atoms with Crippen LogP contribution in [0.4, 0.5) is 39.8 Å². The highest BCUT2D eigenvalue weighted by molar-refractivity contribution is 6.07. The van der Waals surface area contributed by atoms with Crippen LogP contribution in [0.2, 0.25) is 0 Å². The van der Waals surface area contributed by atoms with E-state index in [-0.39, 0.29) is 0 Å². The number of anilines is 6. The first-order chi connectivity index (χ1) is 31.1. The van der Waals surface area contributed by atoms with E-state index >= 15 is 0 Å². The molecule has 0 saturated heterocycles. The highest BCUT2D eigenvalue weighted by Crippen LogP contribution is 2.64. The highest BCUT2D eigenvalue weighted by Gasteiger charge is 2.52. The maximum atomic E-state index is 9.87. The van der Waals surface area contributed by atoms with Gasteiger partial charge in [-0.1, -0.05) is 127 Å². The number of rotatable bonds is 6. The Morgan fingerprint density at radius 1 is 0.397 bits per heavy atom. The fourth-order valence-corrected chi connectivity index (χ4v) is 10.4. The third-order valence-corrected chi connectivity index (χ3v) is 13.0. The molecule has 4 nitrogen and oxygen atoms in total. The molecule has 10 aromatic carbocycles. The number of benzene rings is 10. The van der Waals surface area contributed by atoms with Crippen LogP contribution in [0.5, 0.6) is 0 Å². The van der Waals surface area contributed by atoms with Crippen LogP contribution in [-0.2, 0) is 5.41 Å². The SMILES string of the molecule is [C-]#[N+]c1cccc(N(c2ccccc2)c2ccc3c4c(ccc3c2)-c2cc3ccc(N(c5ccccc5)c5cccc(C#N)c5)cc3cc2C42c3ccccc3-c3ccccc32)c1. The summed E-state index contributed by atoms with van der Waals surface area (Å²) in [6.07, 6.45) is 0. The molecular weight excluding hydrogens is 765 g/mol. The van der Waals surface area contributed by atoms with Gasteiger partial charge in [-0.3, -0.25) is 0 Å². The first kappa shape index (κ1) is 36.2. The van der Waals surface area contributed by atoms with Crippen molar-refractivity contribution >= 4 is 61.4 Å². The van der Waals surface area contributed by atoms with Crippen LogP contribution in [0.15, 0.2) is 218 Å². The quantitative estimate of drug-likeness (QED) is 0.157. The van der Waals surface area contributed by atoms with E-state index in [0.717, 1.165) is 50.3 Å². The summed E-state index contributed by atoms with van der Waals surface area (Å²) in [5.74, 6) is 0. The van der Waals surface area contributed by atoms with Crippen molar-refractivity contribution in [1.82, 2.24) is 0 Å². The van der Waals surface area contributed by atoms with E-state index in [0.29, 0.717) is 11.3 Å². The van der Waals surface area contributed by atoms with Crippen molar-refractivity contribution in [3.05, 3.63) is 258 Å². The fourth-order valence-electron chi connectivity index (χ4n) is 10.4. The predicted molar refractivity (Wildman–Crippen MR) is 258 cm³/mol. The van der Waals surface area contributed by atoms with E-state index in [1.54, 1.807) is 0 Å². The minimum absolute atomic E-state index is 0.577. The molecule has 1 spiro atoms. The Bertz CT molecular complexity index is 3510. The first-order valence-corrected chi connectivity index (χ1v) is 21.2. The molecule has 0 N–H and O–H groups in total. The fraction of sp³-hybridized carbons (Fsp3) is 0.0169. The molecule has 0 atom stereocenters. The zero-order chi connectivity index (χ0) is 42.1. The smallest absolute Gasteiger partial charge is 0.189 e. The monoisotopic (exact) mass is 800 g/mol. The van der Waals surface area contributed by atoms with E-state index < -0.39 is 5.41 Å². The summed E-state index contributed by atoms with van der Waals surface area (Å²) in [5.41, 5.74) is 16.8. The maximum absolute atomic E-state index is 9.87. The number of nitriles is 1. The van der Waals surface area contributed by atoms with Crippen LogP contribution in [0.25, 0.3) is 48.6 Å². The largest absolute Gasteiger partial charge is 0.312 e. The molecule has 10 aromatic rings. The van der Waals surface area contributed by atoms with Crippen molar-refractivity contribution in [2.45, 2.75) is 5.41 Å². The summed E-state index contributed by atoms with van der Waals surface area (Å²) in [4.78, 5) is 8.24. The first-order valence-electron chi connectivity index (χ1n) is 21.2. The van der Waals surface area contributed by atoms with Gasteiger partial charge in [-0.05, 0) is 157 Å². The van der Waals surface area contributed by atoms with Gasteiger partial charge in [0.05, 0.1) is 23.6 Å². The molecule has 2 aliphatic rings. The molecular formula is C59H36N4. The lowest BCUT2D eigenvalue weighted by atomic mass is 9.69. The van der Waals surface area contributed by atoms with Crippen LogP contribution in [-0.4, -0.2) is 0 Å². The normalized spacial score (nSPS) is 12.5. The van der Waals surface area contributed by atoms with Crippen molar-refractivity contribution in [3.63, 3.8) is 0 Å². The molecule has 63 heavy (non-hydrogen) atoms. The van der Waals surface area contributed by atoms with Gasteiger partial charge in [0.15, 0.2) is 5.69 Å². The molecule has 0 heterocycles. The maximum Gasteiger partial charge on any atom is 0.189 e. The Kier molecular flexibility index (Phi) is 8.16. The second kappa shape index (κ2) is 14.2. The zero-order valence-electron chi connectivity index (χ0n) is 34.1.